The normalized spacial score (nSPS) is 11.9. The second-order valence-electron chi connectivity index (χ2n) is 14.7. The Labute approximate surface area is 332 Å². The predicted octanol–water partition coefficient (Wildman–Crippen LogP) is 14.7. The van der Waals surface area contributed by atoms with E-state index in [4.69, 9.17) is 15.0 Å². The highest BCUT2D eigenvalue weighted by Gasteiger charge is 2.20. The summed E-state index contributed by atoms with van der Waals surface area (Å²) in [6.07, 6.45) is 0. The van der Waals surface area contributed by atoms with E-state index in [1.807, 2.05) is 17.4 Å². The van der Waals surface area contributed by atoms with E-state index in [1.165, 1.54) is 58.2 Å². The van der Waals surface area contributed by atoms with Crippen molar-refractivity contribution < 1.29 is 0 Å². The maximum atomic E-state index is 5.36. The monoisotopic (exact) mass is 741 g/mol. The lowest BCUT2D eigenvalue weighted by molar-refractivity contribution is 1.37. The summed E-state index contributed by atoms with van der Waals surface area (Å²) in [6.45, 7) is 0. The Bertz CT molecular complexity index is 3570. The molecule has 3 nitrogen and oxygen atoms in total. The first-order valence-corrected chi connectivity index (χ1v) is 20.1. The van der Waals surface area contributed by atoms with Gasteiger partial charge in [0.15, 0.2) is 0 Å². The van der Waals surface area contributed by atoms with Gasteiger partial charge in [0, 0.05) is 63.8 Å². The van der Waals surface area contributed by atoms with Gasteiger partial charge in [-0.25, -0.2) is 15.0 Å². The molecule has 4 heteroatoms. The SMILES string of the molecule is c1ccc(-c2ccc3ccc4ccc(-c5ccc(-c6cccc7sc8c(ccc9c(-c%10ccccc%10)nc%10ccccc%10c98)c67)c6ccccc56)nc4c3n2)cc1. The first kappa shape index (κ1) is 32.0. The third-order valence-corrected chi connectivity index (χ3v) is 12.6. The summed E-state index contributed by atoms with van der Waals surface area (Å²) in [7, 11) is 0. The van der Waals surface area contributed by atoms with Gasteiger partial charge >= 0.3 is 0 Å². The van der Waals surface area contributed by atoms with Crippen LogP contribution in [0.1, 0.15) is 0 Å². The van der Waals surface area contributed by atoms with Crippen molar-refractivity contribution in [2.24, 2.45) is 0 Å². The number of benzene rings is 8. The van der Waals surface area contributed by atoms with E-state index in [2.05, 4.69) is 182 Å². The van der Waals surface area contributed by atoms with Crippen molar-refractivity contribution in [2.75, 3.05) is 0 Å². The molecule has 0 spiro atoms. The van der Waals surface area contributed by atoms with Crippen LogP contribution in [0.3, 0.4) is 0 Å². The molecule has 264 valence electrons. The molecule has 0 bridgehead atoms. The van der Waals surface area contributed by atoms with Crippen molar-refractivity contribution in [1.29, 1.82) is 0 Å². The lowest BCUT2D eigenvalue weighted by atomic mass is 9.91. The van der Waals surface area contributed by atoms with Gasteiger partial charge in [0.1, 0.15) is 0 Å². The van der Waals surface area contributed by atoms with Crippen LogP contribution in [-0.2, 0) is 0 Å². The molecule has 0 aliphatic carbocycles. The number of para-hydroxylation sites is 1. The van der Waals surface area contributed by atoms with Gasteiger partial charge in [-0.2, -0.15) is 0 Å². The largest absolute Gasteiger partial charge is 0.247 e. The van der Waals surface area contributed by atoms with Crippen LogP contribution in [0.4, 0.5) is 0 Å². The third-order valence-electron chi connectivity index (χ3n) is 11.5. The number of rotatable bonds is 4. The summed E-state index contributed by atoms with van der Waals surface area (Å²) in [5.41, 5.74) is 11.5. The Balaban J connectivity index is 1.06. The van der Waals surface area contributed by atoms with Crippen LogP contribution in [-0.4, -0.2) is 15.0 Å². The van der Waals surface area contributed by atoms with Crippen LogP contribution in [0.15, 0.2) is 188 Å². The minimum Gasteiger partial charge on any atom is -0.247 e. The van der Waals surface area contributed by atoms with E-state index in [1.54, 1.807) is 0 Å². The number of pyridine rings is 3. The second kappa shape index (κ2) is 12.6. The average Bonchev–Trinajstić information content (AvgIpc) is 3.68. The molecule has 0 amide bonds. The number of thiophene rings is 1. The van der Waals surface area contributed by atoms with E-state index in [0.717, 1.165) is 61.1 Å². The minimum atomic E-state index is 0.913. The van der Waals surface area contributed by atoms with Crippen LogP contribution in [0, 0.1) is 0 Å². The van der Waals surface area contributed by atoms with Crippen molar-refractivity contribution in [1.82, 2.24) is 15.0 Å². The Morgan fingerprint density at radius 2 is 0.930 bits per heavy atom. The van der Waals surface area contributed by atoms with Crippen molar-refractivity contribution >= 4 is 85.8 Å². The van der Waals surface area contributed by atoms with Crippen LogP contribution >= 0.6 is 11.3 Å². The lowest BCUT2D eigenvalue weighted by Crippen LogP contribution is -1.92. The fourth-order valence-corrected chi connectivity index (χ4v) is 10.1. The smallest absolute Gasteiger partial charge is 0.0972 e. The molecule has 0 saturated carbocycles. The number of hydrogen-bond acceptors (Lipinski definition) is 4. The summed E-state index contributed by atoms with van der Waals surface area (Å²) < 4.78 is 2.57. The molecule has 0 N–H and O–H groups in total. The van der Waals surface area contributed by atoms with Gasteiger partial charge in [0.05, 0.1) is 33.6 Å². The van der Waals surface area contributed by atoms with Gasteiger partial charge in [0.2, 0.25) is 0 Å². The molecule has 0 aliphatic rings. The van der Waals surface area contributed by atoms with Crippen molar-refractivity contribution in [3.8, 4) is 44.9 Å². The van der Waals surface area contributed by atoms with Crippen LogP contribution in [0.2, 0.25) is 0 Å². The van der Waals surface area contributed by atoms with Gasteiger partial charge in [-0.3, -0.25) is 0 Å². The van der Waals surface area contributed by atoms with Crippen LogP contribution in [0.5, 0.6) is 0 Å². The molecule has 0 fully saturated rings. The average molecular weight is 742 g/mol. The van der Waals surface area contributed by atoms with Gasteiger partial charge < -0.3 is 0 Å². The highest BCUT2D eigenvalue weighted by molar-refractivity contribution is 7.27. The standard InChI is InChI=1S/C53H31N3S/c1-3-12-32(13-4-1)44-30-24-34-22-23-35-25-31-46(56-52(35)51(34)54-44)39-27-26-38(36-16-7-8-17-37(36)39)40-19-11-21-47-48(40)43-29-28-42-49(53(43)57-47)41-18-9-10-20-45(41)55-50(42)33-14-5-2-6-15-33/h1-31H. The number of hydrogen-bond donors (Lipinski definition) is 0. The Morgan fingerprint density at radius 3 is 1.70 bits per heavy atom. The summed E-state index contributed by atoms with van der Waals surface area (Å²) in [6, 6.07) is 67.1. The van der Waals surface area contributed by atoms with Crippen molar-refractivity contribution in [2.45, 2.75) is 0 Å². The molecule has 0 radical (unpaired) electrons. The zero-order chi connectivity index (χ0) is 37.5. The molecule has 0 saturated heterocycles. The molecule has 0 aliphatic heterocycles. The highest BCUT2D eigenvalue weighted by Crippen LogP contribution is 2.47. The minimum absolute atomic E-state index is 0.913. The molecule has 12 aromatic rings. The Hall–Kier alpha value is -7.27. The van der Waals surface area contributed by atoms with E-state index >= 15 is 0 Å². The summed E-state index contributed by atoms with van der Waals surface area (Å²) in [5, 5.41) is 10.7. The number of aromatic nitrogens is 3. The maximum Gasteiger partial charge on any atom is 0.0972 e. The molecule has 57 heavy (non-hydrogen) atoms. The molecule has 0 unspecified atom stereocenters. The first-order valence-electron chi connectivity index (χ1n) is 19.3. The lowest BCUT2D eigenvalue weighted by Gasteiger charge is -2.14. The molecule has 4 aromatic heterocycles. The highest BCUT2D eigenvalue weighted by atomic mass is 32.1. The molecular weight excluding hydrogens is 711 g/mol. The topological polar surface area (TPSA) is 38.7 Å². The first-order chi connectivity index (χ1) is 28.3. The Kier molecular flexibility index (Phi) is 7.10. The third kappa shape index (κ3) is 5.01. The van der Waals surface area contributed by atoms with Gasteiger partial charge in [-0.15, -0.1) is 11.3 Å². The van der Waals surface area contributed by atoms with Crippen molar-refractivity contribution in [3.05, 3.63) is 188 Å². The molecular formula is C53H31N3S. The van der Waals surface area contributed by atoms with Gasteiger partial charge in [0.25, 0.3) is 0 Å². The quantitative estimate of drug-likeness (QED) is 0.169. The fourth-order valence-electron chi connectivity index (χ4n) is 8.80. The number of fused-ring (bicyclic) bond motifs is 11. The zero-order valence-electron chi connectivity index (χ0n) is 30.6. The van der Waals surface area contributed by atoms with Gasteiger partial charge in [-0.05, 0) is 46.2 Å². The summed E-state index contributed by atoms with van der Waals surface area (Å²) in [5.74, 6) is 0. The van der Waals surface area contributed by atoms with Crippen molar-refractivity contribution in [3.63, 3.8) is 0 Å². The number of nitrogens with zero attached hydrogens (tertiary/aromatic N) is 3. The zero-order valence-corrected chi connectivity index (χ0v) is 31.5. The van der Waals surface area contributed by atoms with E-state index in [9.17, 15) is 0 Å². The van der Waals surface area contributed by atoms with Gasteiger partial charge in [-0.1, -0.05) is 164 Å². The van der Waals surface area contributed by atoms with E-state index in [0.29, 0.717) is 0 Å². The maximum absolute atomic E-state index is 5.36. The Morgan fingerprint density at radius 1 is 0.333 bits per heavy atom. The molecule has 8 aromatic carbocycles. The van der Waals surface area contributed by atoms with E-state index < -0.39 is 0 Å². The molecule has 4 heterocycles. The van der Waals surface area contributed by atoms with E-state index in [-0.39, 0.29) is 0 Å². The second-order valence-corrected chi connectivity index (χ2v) is 15.7. The molecule has 0 atom stereocenters. The van der Waals surface area contributed by atoms with Crippen LogP contribution < -0.4 is 0 Å². The predicted molar refractivity (Wildman–Crippen MR) is 242 cm³/mol. The summed E-state index contributed by atoms with van der Waals surface area (Å²) >= 11 is 1.88. The fraction of sp³-hybridized carbons (Fsp3) is 0. The molecule has 12 rings (SSSR count). The summed E-state index contributed by atoms with van der Waals surface area (Å²) in [4.78, 5) is 15.7. The van der Waals surface area contributed by atoms with Crippen LogP contribution in [0.25, 0.3) is 119 Å².